The number of aryl methyl sites for hydroxylation is 1. The van der Waals surface area contributed by atoms with E-state index in [2.05, 4.69) is 10.0 Å². The topological polar surface area (TPSA) is 75.3 Å². The lowest BCUT2D eigenvalue weighted by Crippen LogP contribution is -2.46. The number of halogens is 1. The number of rotatable bonds is 9. The zero-order valence-electron chi connectivity index (χ0n) is 15.2. The van der Waals surface area contributed by atoms with Crippen LogP contribution in [0, 0.1) is 6.92 Å². The van der Waals surface area contributed by atoms with Gasteiger partial charge in [-0.1, -0.05) is 47.5 Å². The van der Waals surface area contributed by atoms with Gasteiger partial charge < -0.3 is 5.32 Å². The number of amides is 1. The summed E-state index contributed by atoms with van der Waals surface area (Å²) in [6.07, 6.45) is 2.30. The van der Waals surface area contributed by atoms with Gasteiger partial charge in [0.15, 0.2) is 0 Å². The second-order valence-electron chi connectivity index (χ2n) is 6.08. The minimum absolute atomic E-state index is 0.140. The summed E-state index contributed by atoms with van der Waals surface area (Å²) in [6.45, 7) is 2.12. The lowest BCUT2D eigenvalue weighted by Gasteiger charge is -2.18. The maximum absolute atomic E-state index is 12.6. The number of hydrogen-bond acceptors (Lipinski definition) is 4. The second-order valence-corrected chi connectivity index (χ2v) is 9.18. The van der Waals surface area contributed by atoms with Crippen LogP contribution < -0.4 is 10.0 Å². The quantitative estimate of drug-likeness (QED) is 0.644. The normalized spacial score (nSPS) is 12.6. The van der Waals surface area contributed by atoms with Crippen LogP contribution in [0.1, 0.15) is 17.5 Å². The molecule has 0 spiro atoms. The van der Waals surface area contributed by atoms with Crippen molar-refractivity contribution in [3.05, 3.63) is 64.7 Å². The highest BCUT2D eigenvalue weighted by Gasteiger charge is 2.25. The van der Waals surface area contributed by atoms with Gasteiger partial charge in [-0.3, -0.25) is 4.79 Å². The summed E-state index contributed by atoms with van der Waals surface area (Å²) in [5.74, 6) is 0.278. The first-order valence-electron chi connectivity index (χ1n) is 8.42. The van der Waals surface area contributed by atoms with E-state index in [1.54, 1.807) is 30.0 Å². The molecule has 1 atom stereocenters. The first-order chi connectivity index (χ1) is 12.8. The van der Waals surface area contributed by atoms with E-state index in [1.807, 2.05) is 31.4 Å². The fourth-order valence-corrected chi connectivity index (χ4v) is 4.30. The Morgan fingerprint density at radius 2 is 1.81 bits per heavy atom. The summed E-state index contributed by atoms with van der Waals surface area (Å²) in [6, 6.07) is 12.9. The van der Waals surface area contributed by atoms with Crippen molar-refractivity contribution in [3.8, 4) is 0 Å². The largest absolute Gasteiger partial charge is 0.351 e. The number of thioether (sulfide) groups is 1. The standard InChI is InChI=1S/C19H23ClN2O3S2/c1-14-7-9-16(10-8-14)27(24,25)22-18(11-12-26-2)19(23)21-13-15-5-3-4-6-17(15)20/h3-10,18,22H,11-13H2,1-2H3,(H,21,23). The van der Waals surface area contributed by atoms with Gasteiger partial charge in [0, 0.05) is 11.6 Å². The Hall–Kier alpha value is -1.54. The van der Waals surface area contributed by atoms with Crippen molar-refractivity contribution in [1.29, 1.82) is 0 Å². The maximum Gasteiger partial charge on any atom is 0.241 e. The van der Waals surface area contributed by atoms with Gasteiger partial charge >= 0.3 is 0 Å². The monoisotopic (exact) mass is 426 g/mol. The molecule has 2 aromatic carbocycles. The molecule has 146 valence electrons. The molecular weight excluding hydrogens is 404 g/mol. The minimum Gasteiger partial charge on any atom is -0.351 e. The summed E-state index contributed by atoms with van der Waals surface area (Å²) < 4.78 is 27.8. The highest BCUT2D eigenvalue weighted by atomic mass is 35.5. The molecule has 5 nitrogen and oxygen atoms in total. The number of sulfonamides is 1. The molecule has 1 amide bonds. The molecule has 8 heteroatoms. The Labute approximate surface area is 169 Å². The van der Waals surface area contributed by atoms with Gasteiger partial charge in [0.25, 0.3) is 0 Å². The van der Waals surface area contributed by atoms with Crippen LogP contribution in [-0.4, -0.2) is 32.4 Å². The Bertz CT molecular complexity index is 871. The van der Waals surface area contributed by atoms with Crippen molar-refractivity contribution in [2.45, 2.75) is 30.8 Å². The molecule has 0 saturated heterocycles. The molecule has 2 N–H and O–H groups in total. The SMILES string of the molecule is CSCCC(NS(=O)(=O)c1ccc(C)cc1)C(=O)NCc1ccccc1Cl. The van der Waals surface area contributed by atoms with Gasteiger partial charge in [-0.25, -0.2) is 8.42 Å². The fourth-order valence-electron chi connectivity index (χ4n) is 2.40. The molecule has 0 radical (unpaired) electrons. The maximum atomic E-state index is 12.6. The van der Waals surface area contributed by atoms with E-state index in [9.17, 15) is 13.2 Å². The van der Waals surface area contributed by atoms with Gasteiger partial charge in [-0.2, -0.15) is 16.5 Å². The predicted molar refractivity (Wildman–Crippen MR) is 112 cm³/mol. The van der Waals surface area contributed by atoms with Crippen molar-refractivity contribution >= 4 is 39.3 Å². The van der Waals surface area contributed by atoms with Crippen LogP contribution in [0.4, 0.5) is 0 Å². The molecule has 0 aliphatic heterocycles. The highest BCUT2D eigenvalue weighted by molar-refractivity contribution is 7.98. The van der Waals surface area contributed by atoms with Gasteiger partial charge in [-0.05, 0) is 49.1 Å². The zero-order valence-corrected chi connectivity index (χ0v) is 17.6. The Morgan fingerprint density at radius 3 is 2.44 bits per heavy atom. The summed E-state index contributed by atoms with van der Waals surface area (Å²) in [5.41, 5.74) is 1.74. The first-order valence-corrected chi connectivity index (χ1v) is 11.7. The molecule has 0 aliphatic carbocycles. The van der Waals surface area contributed by atoms with E-state index in [0.29, 0.717) is 17.2 Å². The molecular formula is C19H23ClN2O3S2. The van der Waals surface area contributed by atoms with E-state index in [4.69, 9.17) is 11.6 Å². The van der Waals surface area contributed by atoms with Gasteiger partial charge in [0.2, 0.25) is 15.9 Å². The number of nitrogens with one attached hydrogen (secondary N) is 2. The summed E-state index contributed by atoms with van der Waals surface area (Å²) >= 11 is 7.66. The molecule has 0 heterocycles. The van der Waals surface area contributed by atoms with Crippen molar-refractivity contribution in [1.82, 2.24) is 10.0 Å². The van der Waals surface area contributed by atoms with E-state index < -0.39 is 16.1 Å². The van der Waals surface area contributed by atoms with Gasteiger partial charge in [0.05, 0.1) is 4.90 Å². The van der Waals surface area contributed by atoms with Crippen LogP contribution >= 0.6 is 23.4 Å². The minimum atomic E-state index is -3.79. The van der Waals surface area contributed by atoms with Crippen LogP contribution in [0.3, 0.4) is 0 Å². The molecule has 0 aromatic heterocycles. The average Bonchev–Trinajstić information content (AvgIpc) is 2.64. The second kappa shape index (κ2) is 10.1. The fraction of sp³-hybridized carbons (Fsp3) is 0.316. The average molecular weight is 427 g/mol. The summed E-state index contributed by atoms with van der Waals surface area (Å²) in [7, 11) is -3.79. The van der Waals surface area contributed by atoms with Crippen molar-refractivity contribution in [2.75, 3.05) is 12.0 Å². The van der Waals surface area contributed by atoms with E-state index >= 15 is 0 Å². The summed E-state index contributed by atoms with van der Waals surface area (Å²) in [5, 5.41) is 3.33. The first kappa shape index (κ1) is 21.8. The number of carbonyl (C=O) groups excluding carboxylic acids is 1. The van der Waals surface area contributed by atoms with E-state index in [1.165, 1.54) is 12.1 Å². The molecule has 0 aliphatic rings. The third kappa shape index (κ3) is 6.53. The number of carbonyl (C=O) groups is 1. The Morgan fingerprint density at radius 1 is 1.15 bits per heavy atom. The molecule has 2 aromatic rings. The van der Waals surface area contributed by atoms with Crippen molar-refractivity contribution in [3.63, 3.8) is 0 Å². The molecule has 0 bridgehead atoms. The predicted octanol–water partition coefficient (Wildman–Crippen LogP) is 3.36. The van der Waals surface area contributed by atoms with Crippen molar-refractivity contribution < 1.29 is 13.2 Å². The van der Waals surface area contributed by atoms with Gasteiger partial charge in [-0.15, -0.1) is 0 Å². The molecule has 1 unspecified atom stereocenters. The third-order valence-corrected chi connectivity index (χ3v) is 6.47. The molecule has 0 saturated carbocycles. The van der Waals surface area contributed by atoms with Crippen LogP contribution in [0.5, 0.6) is 0 Å². The van der Waals surface area contributed by atoms with E-state index in [0.717, 1.165) is 11.1 Å². The molecule has 27 heavy (non-hydrogen) atoms. The van der Waals surface area contributed by atoms with E-state index in [-0.39, 0.29) is 17.3 Å². The Balaban J connectivity index is 2.10. The summed E-state index contributed by atoms with van der Waals surface area (Å²) in [4.78, 5) is 12.7. The van der Waals surface area contributed by atoms with Crippen molar-refractivity contribution in [2.24, 2.45) is 0 Å². The molecule has 0 fully saturated rings. The lowest BCUT2D eigenvalue weighted by molar-refractivity contribution is -0.122. The van der Waals surface area contributed by atoms with Crippen LogP contribution in [0.2, 0.25) is 5.02 Å². The number of hydrogen-bond donors (Lipinski definition) is 2. The lowest BCUT2D eigenvalue weighted by atomic mass is 10.2. The zero-order chi connectivity index (χ0) is 19.9. The smallest absolute Gasteiger partial charge is 0.241 e. The van der Waals surface area contributed by atoms with Gasteiger partial charge in [0.1, 0.15) is 6.04 Å². The number of benzene rings is 2. The van der Waals surface area contributed by atoms with Crippen LogP contribution in [0.15, 0.2) is 53.4 Å². The van der Waals surface area contributed by atoms with Crippen LogP contribution in [0.25, 0.3) is 0 Å². The Kier molecular flexibility index (Phi) is 8.16. The highest BCUT2D eigenvalue weighted by Crippen LogP contribution is 2.15. The third-order valence-electron chi connectivity index (χ3n) is 3.97. The van der Waals surface area contributed by atoms with Crippen LogP contribution in [-0.2, 0) is 21.4 Å². The molecule has 2 rings (SSSR count).